The highest BCUT2D eigenvalue weighted by Crippen LogP contribution is 2.41. The van der Waals surface area contributed by atoms with E-state index in [9.17, 15) is 27.9 Å². The van der Waals surface area contributed by atoms with Crippen molar-refractivity contribution in [1.82, 2.24) is 0 Å². The Kier molecular flexibility index (Phi) is 4.72. The van der Waals surface area contributed by atoms with Crippen molar-refractivity contribution in [2.45, 2.75) is 44.4 Å². The highest BCUT2D eigenvalue weighted by Gasteiger charge is 2.61. The molecule has 7 heteroatoms. The van der Waals surface area contributed by atoms with Crippen molar-refractivity contribution in [2.24, 2.45) is 0 Å². The smallest absolute Gasteiger partial charge is 0.428 e. The fourth-order valence-electron chi connectivity index (χ4n) is 2.19. The summed E-state index contributed by atoms with van der Waals surface area (Å²) >= 11 is 0. The third-order valence-electron chi connectivity index (χ3n) is 3.59. The van der Waals surface area contributed by atoms with Gasteiger partial charge in [0.25, 0.3) is 5.60 Å². The van der Waals surface area contributed by atoms with Crippen LogP contribution in [0.15, 0.2) is 24.3 Å². The molecule has 122 valence electrons. The SMILES string of the molecule is CC(=O)c1ccc(C(C)(C)CC(O)(C(=O)O)C(F)(F)F)cc1. The largest absolute Gasteiger partial charge is 0.479 e. The molecular formula is C15H17F3O4. The number of halogens is 3. The van der Waals surface area contributed by atoms with Gasteiger partial charge in [0.15, 0.2) is 5.78 Å². The topological polar surface area (TPSA) is 74.6 Å². The zero-order valence-corrected chi connectivity index (χ0v) is 12.4. The molecule has 1 rings (SSSR count). The number of ketones is 1. The lowest BCUT2D eigenvalue weighted by Gasteiger charge is -2.35. The van der Waals surface area contributed by atoms with E-state index in [1.165, 1.54) is 45.0 Å². The standard InChI is InChI=1S/C15H17F3O4/c1-9(19)10-4-6-11(7-5-10)13(2,3)8-14(22,12(20)21)15(16,17)18/h4-7,22H,8H2,1-3H3,(H,20,21). The van der Waals surface area contributed by atoms with Gasteiger partial charge >= 0.3 is 12.1 Å². The third-order valence-corrected chi connectivity index (χ3v) is 3.59. The minimum atomic E-state index is -5.30. The lowest BCUT2D eigenvalue weighted by molar-refractivity contribution is -0.265. The van der Waals surface area contributed by atoms with Gasteiger partial charge in [0.2, 0.25) is 0 Å². The summed E-state index contributed by atoms with van der Waals surface area (Å²) in [6.45, 7) is 4.15. The Morgan fingerprint density at radius 1 is 1.09 bits per heavy atom. The Morgan fingerprint density at radius 2 is 1.55 bits per heavy atom. The van der Waals surface area contributed by atoms with Gasteiger partial charge in [-0.3, -0.25) is 4.79 Å². The molecule has 0 saturated heterocycles. The highest BCUT2D eigenvalue weighted by molar-refractivity contribution is 5.94. The summed E-state index contributed by atoms with van der Waals surface area (Å²) in [7, 11) is 0. The lowest BCUT2D eigenvalue weighted by atomic mass is 9.74. The van der Waals surface area contributed by atoms with Crippen LogP contribution in [-0.4, -0.2) is 33.7 Å². The molecule has 0 amide bonds. The van der Waals surface area contributed by atoms with E-state index in [1.807, 2.05) is 0 Å². The molecule has 0 heterocycles. The summed E-state index contributed by atoms with van der Waals surface area (Å²) in [5.41, 5.74) is -4.32. The molecule has 1 atom stereocenters. The van der Waals surface area contributed by atoms with E-state index < -0.39 is 29.6 Å². The van der Waals surface area contributed by atoms with Crippen LogP contribution in [0.4, 0.5) is 13.2 Å². The maximum atomic E-state index is 12.9. The first kappa shape index (κ1) is 18.2. The van der Waals surface area contributed by atoms with Crippen molar-refractivity contribution in [1.29, 1.82) is 0 Å². The van der Waals surface area contributed by atoms with Crippen molar-refractivity contribution in [2.75, 3.05) is 0 Å². The van der Waals surface area contributed by atoms with Gasteiger partial charge in [-0.1, -0.05) is 38.1 Å². The van der Waals surface area contributed by atoms with Crippen molar-refractivity contribution in [3.8, 4) is 0 Å². The average molecular weight is 318 g/mol. The average Bonchev–Trinajstić information content (AvgIpc) is 2.36. The van der Waals surface area contributed by atoms with E-state index in [-0.39, 0.29) is 5.78 Å². The number of alkyl halides is 3. The van der Waals surface area contributed by atoms with Gasteiger partial charge in [0, 0.05) is 12.0 Å². The molecule has 0 fully saturated rings. The van der Waals surface area contributed by atoms with Crippen molar-refractivity contribution in [3.05, 3.63) is 35.4 Å². The number of aliphatic carboxylic acids is 1. The number of carbonyl (C=O) groups is 2. The van der Waals surface area contributed by atoms with Crippen molar-refractivity contribution < 1.29 is 33.0 Å². The minimum Gasteiger partial charge on any atom is -0.479 e. The molecule has 4 nitrogen and oxygen atoms in total. The zero-order chi connectivity index (χ0) is 17.3. The second-order valence-electron chi connectivity index (χ2n) is 5.86. The van der Waals surface area contributed by atoms with Crippen LogP contribution in [0, 0.1) is 0 Å². The number of carbonyl (C=O) groups excluding carboxylic acids is 1. The fourth-order valence-corrected chi connectivity index (χ4v) is 2.19. The van der Waals surface area contributed by atoms with Crippen molar-refractivity contribution >= 4 is 11.8 Å². The highest BCUT2D eigenvalue weighted by atomic mass is 19.4. The van der Waals surface area contributed by atoms with Gasteiger partial charge in [-0.15, -0.1) is 0 Å². The fraction of sp³-hybridized carbons (Fsp3) is 0.467. The predicted molar refractivity (Wildman–Crippen MR) is 72.7 cm³/mol. The molecule has 0 saturated carbocycles. The first-order valence-electron chi connectivity index (χ1n) is 6.45. The maximum Gasteiger partial charge on any atom is 0.428 e. The van der Waals surface area contributed by atoms with Gasteiger partial charge in [0.05, 0.1) is 0 Å². The van der Waals surface area contributed by atoms with Gasteiger partial charge in [0.1, 0.15) is 0 Å². The molecule has 0 aliphatic rings. The Balaban J connectivity index is 3.18. The maximum absolute atomic E-state index is 12.9. The first-order valence-corrected chi connectivity index (χ1v) is 6.45. The second-order valence-corrected chi connectivity index (χ2v) is 5.86. The number of benzene rings is 1. The molecular weight excluding hydrogens is 301 g/mol. The van der Waals surface area contributed by atoms with Crippen LogP contribution in [0.25, 0.3) is 0 Å². The van der Waals surface area contributed by atoms with Gasteiger partial charge in [-0.2, -0.15) is 13.2 Å². The second kappa shape index (κ2) is 5.72. The van der Waals surface area contributed by atoms with Crippen LogP contribution in [0.3, 0.4) is 0 Å². The van der Waals surface area contributed by atoms with Crippen LogP contribution < -0.4 is 0 Å². The van der Waals surface area contributed by atoms with Crippen LogP contribution >= 0.6 is 0 Å². The van der Waals surface area contributed by atoms with Gasteiger partial charge < -0.3 is 10.2 Å². The quantitative estimate of drug-likeness (QED) is 0.819. The number of Topliss-reactive ketones (excluding diaryl/α,β-unsaturated/α-hetero) is 1. The third kappa shape index (κ3) is 3.47. The number of hydrogen-bond acceptors (Lipinski definition) is 3. The lowest BCUT2D eigenvalue weighted by Crippen LogP contribution is -2.55. The van der Waals surface area contributed by atoms with E-state index >= 15 is 0 Å². The Labute approximate surface area is 125 Å². The number of carboxylic acid groups (broad SMARTS) is 1. The molecule has 0 spiro atoms. The summed E-state index contributed by atoms with van der Waals surface area (Å²) in [6, 6.07) is 5.81. The number of hydrogen-bond donors (Lipinski definition) is 2. The minimum absolute atomic E-state index is 0.193. The summed E-state index contributed by atoms with van der Waals surface area (Å²) in [5, 5.41) is 18.4. The summed E-state index contributed by atoms with van der Waals surface area (Å²) in [5.74, 6) is -2.53. The predicted octanol–water partition coefficient (Wildman–Crippen LogP) is 2.93. The van der Waals surface area contributed by atoms with Crippen LogP contribution in [0.1, 0.15) is 43.1 Å². The molecule has 0 aliphatic heterocycles. The zero-order valence-electron chi connectivity index (χ0n) is 12.4. The molecule has 0 aromatic heterocycles. The summed E-state index contributed by atoms with van der Waals surface area (Å²) in [4.78, 5) is 22.1. The molecule has 1 aromatic carbocycles. The van der Waals surface area contributed by atoms with E-state index in [0.29, 0.717) is 11.1 Å². The molecule has 1 aromatic rings. The normalized spacial score (nSPS) is 15.2. The van der Waals surface area contributed by atoms with Crippen LogP contribution in [-0.2, 0) is 10.2 Å². The summed E-state index contributed by atoms with van der Waals surface area (Å²) < 4.78 is 38.7. The molecule has 0 bridgehead atoms. The molecule has 22 heavy (non-hydrogen) atoms. The van der Waals surface area contributed by atoms with Crippen molar-refractivity contribution in [3.63, 3.8) is 0 Å². The first-order chi connectivity index (χ1) is 9.81. The Morgan fingerprint density at radius 3 is 1.86 bits per heavy atom. The molecule has 1 unspecified atom stereocenters. The van der Waals surface area contributed by atoms with E-state index in [2.05, 4.69) is 0 Å². The van der Waals surface area contributed by atoms with Crippen LogP contribution in [0.2, 0.25) is 0 Å². The monoisotopic (exact) mass is 318 g/mol. The van der Waals surface area contributed by atoms with Gasteiger partial charge in [-0.05, 0) is 17.9 Å². The van der Waals surface area contributed by atoms with E-state index in [0.717, 1.165) is 0 Å². The van der Waals surface area contributed by atoms with E-state index in [4.69, 9.17) is 5.11 Å². The number of rotatable bonds is 5. The number of carboxylic acids is 1. The summed E-state index contributed by atoms with van der Waals surface area (Å²) in [6.07, 6.45) is -6.34. The van der Waals surface area contributed by atoms with Gasteiger partial charge in [-0.25, -0.2) is 4.79 Å². The molecule has 0 radical (unpaired) electrons. The molecule has 0 aliphatic carbocycles. The van der Waals surface area contributed by atoms with Crippen LogP contribution in [0.5, 0.6) is 0 Å². The number of aliphatic hydroxyl groups is 1. The Bertz CT molecular complexity index is 575. The van der Waals surface area contributed by atoms with E-state index in [1.54, 1.807) is 0 Å². The molecule has 2 N–H and O–H groups in total. The Hall–Kier alpha value is -1.89.